The number of rotatable bonds is 3. The molecule has 1 aromatic carbocycles. The fourth-order valence-electron chi connectivity index (χ4n) is 1.75. The molecule has 0 saturated heterocycles. The average Bonchev–Trinajstić information content (AvgIpc) is 2.71. The van der Waals surface area contributed by atoms with Crippen molar-refractivity contribution in [1.82, 2.24) is 5.32 Å². The second-order valence-electron chi connectivity index (χ2n) is 3.90. The van der Waals surface area contributed by atoms with Gasteiger partial charge in [0, 0.05) is 18.1 Å². The monoisotopic (exact) mass is 273 g/mol. The van der Waals surface area contributed by atoms with Crippen molar-refractivity contribution in [2.24, 2.45) is 0 Å². The Morgan fingerprint density at radius 2 is 2.17 bits per heavy atom. The molecule has 0 atom stereocenters. The van der Waals surface area contributed by atoms with E-state index in [0.717, 1.165) is 0 Å². The van der Waals surface area contributed by atoms with Gasteiger partial charge in [-0.15, -0.1) is 0 Å². The highest BCUT2D eigenvalue weighted by Crippen LogP contribution is 2.34. The largest absolute Gasteiger partial charge is 0.508 e. The second-order valence-corrected chi connectivity index (χ2v) is 5.54. The summed E-state index contributed by atoms with van der Waals surface area (Å²) < 4.78 is 15.9. The minimum Gasteiger partial charge on any atom is -0.508 e. The van der Waals surface area contributed by atoms with Gasteiger partial charge in [0.2, 0.25) is 0 Å². The summed E-state index contributed by atoms with van der Waals surface area (Å²) in [6, 6.07) is 2.66. The van der Waals surface area contributed by atoms with Gasteiger partial charge in [-0.1, -0.05) is 0 Å². The maximum atomic E-state index is 11.8. The number of hydrogen-bond acceptors (Lipinski definition) is 4. The lowest BCUT2D eigenvalue weighted by molar-refractivity contribution is 0.0956. The molecule has 8 heteroatoms. The first-order valence-corrected chi connectivity index (χ1v) is 6.98. The quantitative estimate of drug-likeness (QED) is 0.584. The van der Waals surface area contributed by atoms with E-state index in [-0.39, 0.29) is 11.3 Å². The average molecular weight is 273 g/mol. The molecule has 0 saturated carbocycles. The molecule has 0 unspecified atom stereocenters. The SMILES string of the molecule is O=C(NCP(=O)(O)O)c1cc(O)cc2c1CCO2. The van der Waals surface area contributed by atoms with E-state index in [0.29, 0.717) is 24.3 Å². The highest BCUT2D eigenvalue weighted by molar-refractivity contribution is 7.51. The third kappa shape index (κ3) is 2.81. The molecule has 0 spiro atoms. The number of benzene rings is 1. The summed E-state index contributed by atoms with van der Waals surface area (Å²) in [5.74, 6) is -0.343. The standard InChI is InChI=1S/C10H12NO6P/c12-6-3-8(7-1-2-17-9(7)4-6)10(13)11-5-18(14,15)16/h3-4,12H,1-2,5H2,(H,11,13)(H2,14,15,16). The Hall–Kier alpha value is -1.56. The predicted octanol–water partition coefficient (Wildman–Crippen LogP) is 0.192. The third-order valence-corrected chi connectivity index (χ3v) is 3.06. The Labute approximate surface area is 103 Å². The molecule has 1 amide bonds. The number of hydrogen-bond donors (Lipinski definition) is 4. The summed E-state index contributed by atoms with van der Waals surface area (Å²) in [7, 11) is -4.30. The van der Waals surface area contributed by atoms with Crippen molar-refractivity contribution >= 4 is 13.5 Å². The van der Waals surface area contributed by atoms with Gasteiger partial charge in [-0.05, 0) is 6.07 Å². The minimum absolute atomic E-state index is 0.128. The van der Waals surface area contributed by atoms with E-state index in [2.05, 4.69) is 5.32 Å². The smallest absolute Gasteiger partial charge is 0.344 e. The molecule has 0 fully saturated rings. The van der Waals surface area contributed by atoms with Crippen LogP contribution in [-0.2, 0) is 11.0 Å². The fraction of sp³-hybridized carbons (Fsp3) is 0.300. The normalized spacial score (nSPS) is 13.9. The van der Waals surface area contributed by atoms with Crippen LogP contribution in [0.25, 0.3) is 0 Å². The number of amides is 1. The first kappa shape index (κ1) is 12.9. The summed E-state index contributed by atoms with van der Waals surface area (Å²) >= 11 is 0. The number of phenolic OH excluding ortho intramolecular Hbond substituents is 1. The van der Waals surface area contributed by atoms with Crippen LogP contribution in [0, 0.1) is 0 Å². The van der Waals surface area contributed by atoms with Crippen molar-refractivity contribution in [2.75, 3.05) is 12.9 Å². The first-order chi connectivity index (χ1) is 8.37. The molecule has 1 aromatic rings. The molecular formula is C10H12NO6P. The van der Waals surface area contributed by atoms with E-state index in [1.54, 1.807) is 0 Å². The van der Waals surface area contributed by atoms with Gasteiger partial charge >= 0.3 is 7.60 Å². The van der Waals surface area contributed by atoms with Crippen LogP contribution in [-0.4, -0.2) is 33.7 Å². The van der Waals surface area contributed by atoms with Crippen molar-refractivity contribution in [3.63, 3.8) is 0 Å². The predicted molar refractivity (Wildman–Crippen MR) is 61.7 cm³/mol. The van der Waals surface area contributed by atoms with Crippen LogP contribution >= 0.6 is 7.60 Å². The van der Waals surface area contributed by atoms with Gasteiger partial charge in [-0.3, -0.25) is 9.36 Å². The van der Waals surface area contributed by atoms with Crippen LogP contribution in [0.3, 0.4) is 0 Å². The lowest BCUT2D eigenvalue weighted by Gasteiger charge is -2.09. The van der Waals surface area contributed by atoms with E-state index < -0.39 is 19.8 Å². The number of carbonyl (C=O) groups is 1. The molecule has 1 aliphatic rings. The molecule has 18 heavy (non-hydrogen) atoms. The summed E-state index contributed by atoms with van der Waals surface area (Å²) in [6.07, 6.45) is -0.217. The molecule has 0 radical (unpaired) electrons. The van der Waals surface area contributed by atoms with Gasteiger partial charge in [0.25, 0.3) is 5.91 Å². The first-order valence-electron chi connectivity index (χ1n) is 5.18. The molecule has 0 aromatic heterocycles. The van der Waals surface area contributed by atoms with Crippen molar-refractivity contribution in [2.45, 2.75) is 6.42 Å². The maximum absolute atomic E-state index is 11.8. The van der Waals surface area contributed by atoms with Gasteiger partial charge in [0.1, 0.15) is 17.8 Å². The van der Waals surface area contributed by atoms with Crippen LogP contribution in [0.1, 0.15) is 15.9 Å². The second kappa shape index (κ2) is 4.61. The lowest BCUT2D eigenvalue weighted by atomic mass is 10.0. The topological polar surface area (TPSA) is 116 Å². The van der Waals surface area contributed by atoms with E-state index in [4.69, 9.17) is 14.5 Å². The molecule has 0 bridgehead atoms. The highest BCUT2D eigenvalue weighted by Gasteiger charge is 2.23. The molecule has 0 aliphatic carbocycles. The van der Waals surface area contributed by atoms with Crippen LogP contribution in [0.4, 0.5) is 0 Å². The van der Waals surface area contributed by atoms with Gasteiger partial charge in [0.15, 0.2) is 0 Å². The van der Waals surface area contributed by atoms with Crippen LogP contribution in [0.2, 0.25) is 0 Å². The zero-order chi connectivity index (χ0) is 13.3. The molecular weight excluding hydrogens is 261 g/mol. The van der Waals surface area contributed by atoms with Crippen LogP contribution < -0.4 is 10.1 Å². The van der Waals surface area contributed by atoms with E-state index >= 15 is 0 Å². The Balaban J connectivity index is 2.23. The number of fused-ring (bicyclic) bond motifs is 1. The van der Waals surface area contributed by atoms with Gasteiger partial charge < -0.3 is 24.9 Å². The number of carbonyl (C=O) groups excluding carboxylic acids is 1. The Morgan fingerprint density at radius 1 is 1.44 bits per heavy atom. The molecule has 1 aliphatic heterocycles. The molecule has 98 valence electrons. The van der Waals surface area contributed by atoms with Crippen molar-refractivity contribution in [3.8, 4) is 11.5 Å². The van der Waals surface area contributed by atoms with Crippen LogP contribution in [0.5, 0.6) is 11.5 Å². The molecule has 2 rings (SSSR count). The zero-order valence-electron chi connectivity index (χ0n) is 9.29. The maximum Gasteiger partial charge on any atom is 0.344 e. The third-order valence-electron chi connectivity index (χ3n) is 2.49. The van der Waals surface area contributed by atoms with Crippen LogP contribution in [0.15, 0.2) is 12.1 Å². The van der Waals surface area contributed by atoms with E-state index in [9.17, 15) is 14.5 Å². The summed E-state index contributed by atoms with van der Waals surface area (Å²) in [4.78, 5) is 29.1. The Kier molecular flexibility index (Phi) is 3.30. The van der Waals surface area contributed by atoms with E-state index in [1.807, 2.05) is 0 Å². The Bertz CT molecular complexity index is 537. The zero-order valence-corrected chi connectivity index (χ0v) is 10.2. The molecule has 1 heterocycles. The van der Waals surface area contributed by atoms with Crippen molar-refractivity contribution in [1.29, 1.82) is 0 Å². The van der Waals surface area contributed by atoms with Gasteiger partial charge in [-0.2, -0.15) is 0 Å². The van der Waals surface area contributed by atoms with Gasteiger partial charge in [0.05, 0.1) is 12.2 Å². The minimum atomic E-state index is -4.30. The Morgan fingerprint density at radius 3 is 2.83 bits per heavy atom. The molecule has 7 nitrogen and oxygen atoms in total. The number of phenols is 1. The molecule has 4 N–H and O–H groups in total. The summed E-state index contributed by atoms with van der Waals surface area (Å²) in [5.41, 5.74) is 0.812. The van der Waals surface area contributed by atoms with Gasteiger partial charge in [-0.25, -0.2) is 0 Å². The van der Waals surface area contributed by atoms with Crippen molar-refractivity contribution < 1.29 is 29.0 Å². The highest BCUT2D eigenvalue weighted by atomic mass is 31.2. The summed E-state index contributed by atoms with van der Waals surface area (Å²) in [6.45, 7) is 0.414. The number of ether oxygens (including phenoxy) is 1. The van der Waals surface area contributed by atoms with Crippen molar-refractivity contribution in [3.05, 3.63) is 23.3 Å². The van der Waals surface area contributed by atoms with E-state index in [1.165, 1.54) is 12.1 Å². The number of aromatic hydroxyl groups is 1. The summed E-state index contributed by atoms with van der Waals surface area (Å²) in [5, 5.41) is 11.6. The fourth-order valence-corrected chi connectivity index (χ4v) is 2.10. The lowest BCUT2D eigenvalue weighted by Crippen LogP contribution is -2.25. The number of nitrogens with one attached hydrogen (secondary N) is 1.